The Hall–Kier alpha value is -3.41. The molecular formula is C18H22N4O5. The molecule has 2 heterocycles. The van der Waals surface area contributed by atoms with Gasteiger partial charge in [0.05, 0.1) is 19.1 Å². The van der Waals surface area contributed by atoms with Crippen molar-refractivity contribution in [1.82, 2.24) is 9.88 Å². The standard InChI is InChI=1S/C18H22N4O5/c1-18(2,3)27-17(24)21-7-8-22-14(12-6-5-9-26-12)11(10-19)13(20)15(22)16(23)25-4/h5-6,9H,7-8,20H2,1-4H3,(H,21,24). The Morgan fingerprint density at radius 3 is 2.63 bits per heavy atom. The molecule has 3 N–H and O–H groups in total. The Morgan fingerprint density at radius 1 is 1.41 bits per heavy atom. The highest BCUT2D eigenvalue weighted by atomic mass is 16.6. The fourth-order valence-corrected chi connectivity index (χ4v) is 2.55. The van der Waals surface area contributed by atoms with Gasteiger partial charge in [-0.15, -0.1) is 0 Å². The van der Waals surface area contributed by atoms with Gasteiger partial charge in [0, 0.05) is 13.1 Å². The average Bonchev–Trinajstić information content (AvgIpc) is 3.18. The molecule has 0 atom stereocenters. The number of nitrogen functional groups attached to an aromatic ring is 1. The largest absolute Gasteiger partial charge is 0.464 e. The summed E-state index contributed by atoms with van der Waals surface area (Å²) in [6.45, 7) is 5.53. The lowest BCUT2D eigenvalue weighted by atomic mass is 10.2. The molecule has 0 saturated carbocycles. The van der Waals surface area contributed by atoms with Crippen molar-refractivity contribution in [3.8, 4) is 17.5 Å². The topological polar surface area (TPSA) is 133 Å². The number of methoxy groups -OCH3 is 1. The number of aromatic nitrogens is 1. The van der Waals surface area contributed by atoms with Crippen LogP contribution in [0.25, 0.3) is 11.5 Å². The lowest BCUT2D eigenvalue weighted by molar-refractivity contribution is 0.0526. The van der Waals surface area contributed by atoms with Gasteiger partial charge in [0.25, 0.3) is 0 Å². The van der Waals surface area contributed by atoms with Crippen LogP contribution in [0, 0.1) is 11.3 Å². The Kier molecular flexibility index (Phi) is 5.80. The minimum atomic E-state index is -0.695. The van der Waals surface area contributed by atoms with Crippen molar-refractivity contribution in [1.29, 1.82) is 5.26 Å². The summed E-state index contributed by atoms with van der Waals surface area (Å²) in [5.74, 6) is -0.329. The number of ether oxygens (including phenoxy) is 2. The molecule has 1 amide bonds. The fourth-order valence-electron chi connectivity index (χ4n) is 2.55. The Morgan fingerprint density at radius 2 is 2.11 bits per heavy atom. The second-order valence-corrected chi connectivity index (χ2v) is 6.65. The van der Waals surface area contributed by atoms with Crippen LogP contribution in [-0.2, 0) is 16.0 Å². The second kappa shape index (κ2) is 7.86. The number of nitrogens with two attached hydrogens (primary N) is 1. The predicted molar refractivity (Wildman–Crippen MR) is 96.8 cm³/mol. The normalized spacial score (nSPS) is 10.9. The molecule has 0 unspecified atom stereocenters. The van der Waals surface area contributed by atoms with Crippen molar-refractivity contribution < 1.29 is 23.5 Å². The first-order chi connectivity index (χ1) is 12.7. The summed E-state index contributed by atoms with van der Waals surface area (Å²) in [6, 6.07) is 5.30. The Balaban J connectivity index is 2.37. The van der Waals surface area contributed by atoms with Crippen molar-refractivity contribution in [2.75, 3.05) is 19.4 Å². The first kappa shape index (κ1) is 19.9. The third kappa shape index (κ3) is 4.41. The highest BCUT2D eigenvalue weighted by molar-refractivity contribution is 5.98. The number of hydrogen-bond donors (Lipinski definition) is 2. The van der Waals surface area contributed by atoms with Gasteiger partial charge in [0.15, 0.2) is 11.5 Å². The van der Waals surface area contributed by atoms with Crippen molar-refractivity contribution in [2.45, 2.75) is 32.9 Å². The molecule has 2 aromatic rings. The lowest BCUT2D eigenvalue weighted by Crippen LogP contribution is -2.34. The number of esters is 1. The van der Waals surface area contributed by atoms with Crippen LogP contribution in [0.15, 0.2) is 22.8 Å². The zero-order valence-electron chi connectivity index (χ0n) is 15.7. The average molecular weight is 374 g/mol. The third-order valence-corrected chi connectivity index (χ3v) is 3.55. The summed E-state index contributed by atoms with van der Waals surface area (Å²) in [5.41, 5.74) is 5.83. The molecule has 0 radical (unpaired) electrons. The number of hydrogen-bond acceptors (Lipinski definition) is 7. The molecule has 0 aromatic carbocycles. The molecular weight excluding hydrogens is 352 g/mol. The highest BCUT2D eigenvalue weighted by Gasteiger charge is 2.28. The number of nitriles is 1. The second-order valence-electron chi connectivity index (χ2n) is 6.65. The summed E-state index contributed by atoms with van der Waals surface area (Å²) in [6.07, 6.45) is 0.850. The molecule has 0 aliphatic carbocycles. The van der Waals surface area contributed by atoms with Crippen molar-refractivity contribution in [2.24, 2.45) is 0 Å². The maximum atomic E-state index is 12.2. The number of anilines is 1. The van der Waals surface area contributed by atoms with Gasteiger partial charge < -0.3 is 29.5 Å². The van der Waals surface area contributed by atoms with Crippen molar-refractivity contribution in [3.05, 3.63) is 29.7 Å². The molecule has 0 fully saturated rings. The van der Waals surface area contributed by atoms with E-state index in [2.05, 4.69) is 5.32 Å². The van der Waals surface area contributed by atoms with E-state index in [4.69, 9.17) is 19.6 Å². The summed E-state index contributed by atoms with van der Waals surface area (Å²) in [7, 11) is 1.22. The van der Waals surface area contributed by atoms with E-state index in [-0.39, 0.29) is 30.0 Å². The van der Waals surface area contributed by atoms with E-state index in [1.165, 1.54) is 17.9 Å². The van der Waals surface area contributed by atoms with Gasteiger partial charge in [0.1, 0.15) is 22.9 Å². The first-order valence-corrected chi connectivity index (χ1v) is 8.20. The minimum Gasteiger partial charge on any atom is -0.464 e. The molecule has 0 spiro atoms. The smallest absolute Gasteiger partial charge is 0.407 e. The van der Waals surface area contributed by atoms with Gasteiger partial charge in [-0.3, -0.25) is 0 Å². The van der Waals surface area contributed by atoms with Crippen molar-refractivity contribution in [3.63, 3.8) is 0 Å². The predicted octanol–water partition coefficient (Wildman–Crippen LogP) is 2.51. The van der Waals surface area contributed by atoms with Gasteiger partial charge in [-0.1, -0.05) is 0 Å². The van der Waals surface area contributed by atoms with Crippen molar-refractivity contribution >= 4 is 17.7 Å². The van der Waals surface area contributed by atoms with Gasteiger partial charge in [0.2, 0.25) is 0 Å². The first-order valence-electron chi connectivity index (χ1n) is 8.20. The summed E-state index contributed by atoms with van der Waals surface area (Å²) < 4.78 is 16.9. The molecule has 0 saturated heterocycles. The molecule has 27 heavy (non-hydrogen) atoms. The molecule has 144 valence electrons. The SMILES string of the molecule is COC(=O)c1c(N)c(C#N)c(-c2ccco2)n1CCNC(=O)OC(C)(C)C. The van der Waals surface area contributed by atoms with Crippen LogP contribution in [0.4, 0.5) is 10.5 Å². The van der Waals surface area contributed by atoms with Crippen LogP contribution in [0.2, 0.25) is 0 Å². The van der Waals surface area contributed by atoms with Gasteiger partial charge in [-0.05, 0) is 32.9 Å². The van der Waals surface area contributed by atoms with E-state index in [0.29, 0.717) is 11.5 Å². The zero-order chi connectivity index (χ0) is 20.2. The van der Waals surface area contributed by atoms with E-state index >= 15 is 0 Å². The number of furan rings is 1. The van der Waals surface area contributed by atoms with E-state index < -0.39 is 17.7 Å². The molecule has 2 aromatic heterocycles. The summed E-state index contributed by atoms with van der Waals surface area (Å²) >= 11 is 0. The van der Waals surface area contributed by atoms with Crippen LogP contribution in [0.5, 0.6) is 0 Å². The van der Waals surface area contributed by atoms with Gasteiger partial charge in [-0.2, -0.15) is 5.26 Å². The zero-order valence-corrected chi connectivity index (χ0v) is 15.7. The van der Waals surface area contributed by atoms with E-state index in [9.17, 15) is 14.9 Å². The van der Waals surface area contributed by atoms with E-state index in [0.717, 1.165) is 0 Å². The number of alkyl carbamates (subject to hydrolysis) is 1. The number of nitrogens with zero attached hydrogens (tertiary/aromatic N) is 2. The molecule has 9 nitrogen and oxygen atoms in total. The van der Waals surface area contributed by atoms with Crippen LogP contribution >= 0.6 is 0 Å². The Labute approximate surface area is 156 Å². The van der Waals surface area contributed by atoms with Crippen LogP contribution in [-0.4, -0.2) is 35.9 Å². The van der Waals surface area contributed by atoms with Crippen LogP contribution < -0.4 is 11.1 Å². The Bertz CT molecular complexity index is 869. The minimum absolute atomic E-state index is 0.00646. The summed E-state index contributed by atoms with van der Waals surface area (Å²) in [4.78, 5) is 24.1. The van der Waals surface area contributed by atoms with Gasteiger partial charge in [-0.25, -0.2) is 9.59 Å². The van der Waals surface area contributed by atoms with E-state index in [1.54, 1.807) is 32.9 Å². The number of carbonyl (C=O) groups is 2. The fraction of sp³-hybridized carbons (Fsp3) is 0.389. The maximum absolute atomic E-state index is 12.2. The monoisotopic (exact) mass is 374 g/mol. The molecule has 9 heteroatoms. The highest BCUT2D eigenvalue weighted by Crippen LogP contribution is 2.34. The third-order valence-electron chi connectivity index (χ3n) is 3.55. The molecule has 0 aliphatic heterocycles. The van der Waals surface area contributed by atoms with Gasteiger partial charge >= 0.3 is 12.1 Å². The lowest BCUT2D eigenvalue weighted by Gasteiger charge is -2.20. The molecule has 0 aliphatic rings. The maximum Gasteiger partial charge on any atom is 0.407 e. The number of carbonyl (C=O) groups excluding carboxylic acids is 2. The van der Waals surface area contributed by atoms with Crippen LogP contribution in [0.3, 0.4) is 0 Å². The van der Waals surface area contributed by atoms with Crippen LogP contribution in [0.1, 0.15) is 36.8 Å². The number of rotatable bonds is 5. The number of nitrogens with one attached hydrogen (secondary N) is 1. The molecule has 2 rings (SSSR count). The quantitative estimate of drug-likeness (QED) is 0.768. The summed E-state index contributed by atoms with van der Waals surface area (Å²) in [5, 5.41) is 12.1. The molecule has 0 bridgehead atoms. The van der Waals surface area contributed by atoms with E-state index in [1.807, 2.05) is 6.07 Å². The number of amides is 1.